The molecular formula is C14H15ClN2S. The van der Waals surface area contributed by atoms with Crippen LogP contribution in [-0.2, 0) is 6.42 Å². The Balaban J connectivity index is 2.31. The average molecular weight is 279 g/mol. The smallest absolute Gasteiger partial charge is 0.136 e. The number of nitrogens with zero attached hydrogens (tertiary/aromatic N) is 2. The van der Waals surface area contributed by atoms with E-state index in [9.17, 15) is 0 Å². The molecule has 2 aromatic rings. The van der Waals surface area contributed by atoms with Gasteiger partial charge in [0, 0.05) is 10.5 Å². The van der Waals surface area contributed by atoms with Crippen LogP contribution in [0.5, 0.6) is 0 Å². The molecule has 2 rings (SSSR count). The first kappa shape index (κ1) is 13.4. The highest BCUT2D eigenvalue weighted by atomic mass is 35.5. The minimum Gasteiger partial charge on any atom is -0.229 e. The van der Waals surface area contributed by atoms with E-state index in [1.54, 1.807) is 11.8 Å². The summed E-state index contributed by atoms with van der Waals surface area (Å²) < 4.78 is 0. The molecule has 1 aromatic carbocycles. The van der Waals surface area contributed by atoms with Crippen molar-refractivity contribution >= 4 is 23.4 Å². The van der Waals surface area contributed by atoms with Gasteiger partial charge >= 0.3 is 0 Å². The third-order valence-corrected chi connectivity index (χ3v) is 3.92. The molecule has 18 heavy (non-hydrogen) atoms. The van der Waals surface area contributed by atoms with Crippen LogP contribution in [0.3, 0.4) is 0 Å². The summed E-state index contributed by atoms with van der Waals surface area (Å²) in [5, 5.41) is 1.53. The van der Waals surface area contributed by atoms with Crippen molar-refractivity contribution in [3.63, 3.8) is 0 Å². The molecule has 94 valence electrons. The van der Waals surface area contributed by atoms with Crippen molar-refractivity contribution in [3.8, 4) is 0 Å². The summed E-state index contributed by atoms with van der Waals surface area (Å²) in [6, 6.07) is 8.38. The first-order valence-electron chi connectivity index (χ1n) is 5.94. The van der Waals surface area contributed by atoms with Crippen LogP contribution in [0.25, 0.3) is 0 Å². The van der Waals surface area contributed by atoms with Gasteiger partial charge in [-0.25, -0.2) is 9.97 Å². The first-order chi connectivity index (χ1) is 8.70. The van der Waals surface area contributed by atoms with E-state index in [1.165, 1.54) is 16.8 Å². The number of benzene rings is 1. The fraction of sp³-hybridized carbons (Fsp3) is 0.286. The lowest BCUT2D eigenvalue weighted by molar-refractivity contribution is 0.856. The van der Waals surface area contributed by atoms with Gasteiger partial charge in [-0.2, -0.15) is 0 Å². The maximum Gasteiger partial charge on any atom is 0.136 e. The Morgan fingerprint density at radius 3 is 2.83 bits per heavy atom. The highest BCUT2D eigenvalue weighted by Crippen LogP contribution is 2.32. The Morgan fingerprint density at radius 2 is 2.11 bits per heavy atom. The number of hydrogen-bond acceptors (Lipinski definition) is 3. The molecule has 0 amide bonds. The van der Waals surface area contributed by atoms with Crippen LogP contribution in [0, 0.1) is 6.92 Å². The Kier molecular flexibility index (Phi) is 4.61. The summed E-state index contributed by atoms with van der Waals surface area (Å²) in [5.41, 5.74) is 2.30. The van der Waals surface area contributed by atoms with Crippen molar-refractivity contribution in [2.24, 2.45) is 0 Å². The SMILES string of the molecule is CCCc1c(Cl)ncnc1Sc1cccc(C)c1. The van der Waals surface area contributed by atoms with Gasteiger partial charge in [-0.05, 0) is 25.5 Å². The third kappa shape index (κ3) is 3.24. The average Bonchev–Trinajstić information content (AvgIpc) is 2.34. The second-order valence-electron chi connectivity index (χ2n) is 4.12. The van der Waals surface area contributed by atoms with Crippen LogP contribution in [0.4, 0.5) is 0 Å². The van der Waals surface area contributed by atoms with Gasteiger partial charge in [0.05, 0.1) is 0 Å². The van der Waals surface area contributed by atoms with E-state index < -0.39 is 0 Å². The molecule has 0 atom stereocenters. The standard InChI is InChI=1S/C14H15ClN2S/c1-3-5-12-13(15)16-9-17-14(12)18-11-7-4-6-10(2)8-11/h4,6-9H,3,5H2,1-2H3. The Labute approximate surface area is 117 Å². The van der Waals surface area contributed by atoms with Crippen molar-refractivity contribution < 1.29 is 0 Å². The van der Waals surface area contributed by atoms with Crippen molar-refractivity contribution in [2.45, 2.75) is 36.6 Å². The van der Waals surface area contributed by atoms with Gasteiger partial charge in [0.15, 0.2) is 0 Å². The van der Waals surface area contributed by atoms with E-state index in [1.807, 2.05) is 0 Å². The van der Waals surface area contributed by atoms with Crippen LogP contribution in [0.2, 0.25) is 5.15 Å². The first-order valence-corrected chi connectivity index (χ1v) is 7.14. The number of aryl methyl sites for hydroxylation is 1. The number of halogens is 1. The topological polar surface area (TPSA) is 25.8 Å². The monoisotopic (exact) mass is 278 g/mol. The lowest BCUT2D eigenvalue weighted by Gasteiger charge is -2.08. The number of aromatic nitrogens is 2. The normalized spacial score (nSPS) is 10.6. The summed E-state index contributed by atoms with van der Waals surface area (Å²) in [4.78, 5) is 9.59. The van der Waals surface area contributed by atoms with Gasteiger partial charge in [0.1, 0.15) is 16.5 Å². The quantitative estimate of drug-likeness (QED) is 0.768. The maximum atomic E-state index is 6.14. The van der Waals surface area contributed by atoms with Crippen molar-refractivity contribution in [1.29, 1.82) is 0 Å². The summed E-state index contributed by atoms with van der Waals surface area (Å²) in [5.74, 6) is 0. The molecule has 0 aliphatic carbocycles. The van der Waals surface area contributed by atoms with E-state index in [-0.39, 0.29) is 0 Å². The van der Waals surface area contributed by atoms with Gasteiger partial charge in [-0.15, -0.1) is 0 Å². The minimum absolute atomic E-state index is 0.571. The predicted molar refractivity (Wildman–Crippen MR) is 76.3 cm³/mol. The van der Waals surface area contributed by atoms with E-state index in [0.29, 0.717) is 5.15 Å². The van der Waals surface area contributed by atoms with Crippen molar-refractivity contribution in [3.05, 3.63) is 46.9 Å². The third-order valence-electron chi connectivity index (χ3n) is 2.56. The van der Waals surface area contributed by atoms with Crippen LogP contribution < -0.4 is 0 Å². The van der Waals surface area contributed by atoms with E-state index >= 15 is 0 Å². The molecule has 0 saturated carbocycles. The molecule has 0 saturated heterocycles. The summed E-state index contributed by atoms with van der Waals surface area (Å²) in [6.07, 6.45) is 3.47. The highest BCUT2D eigenvalue weighted by Gasteiger charge is 2.10. The van der Waals surface area contributed by atoms with E-state index in [4.69, 9.17) is 11.6 Å². The molecule has 4 heteroatoms. The maximum absolute atomic E-state index is 6.14. The molecule has 0 spiro atoms. The van der Waals surface area contributed by atoms with Crippen molar-refractivity contribution in [2.75, 3.05) is 0 Å². The summed E-state index contributed by atoms with van der Waals surface area (Å²) in [7, 11) is 0. The van der Waals surface area contributed by atoms with Crippen molar-refractivity contribution in [1.82, 2.24) is 9.97 Å². The number of rotatable bonds is 4. The van der Waals surface area contributed by atoms with Crippen LogP contribution in [0.15, 0.2) is 40.5 Å². The molecule has 0 N–H and O–H groups in total. The molecule has 0 bridgehead atoms. The lowest BCUT2D eigenvalue weighted by atomic mass is 10.2. The fourth-order valence-corrected chi connectivity index (χ4v) is 3.03. The lowest BCUT2D eigenvalue weighted by Crippen LogP contribution is -1.95. The predicted octanol–water partition coefficient (Wildman–Crippen LogP) is 4.54. The van der Waals surface area contributed by atoms with Gasteiger partial charge in [-0.1, -0.05) is 54.4 Å². The Morgan fingerprint density at radius 1 is 1.28 bits per heavy atom. The molecule has 0 fully saturated rings. The van der Waals surface area contributed by atoms with E-state index in [2.05, 4.69) is 48.1 Å². The summed E-state index contributed by atoms with van der Waals surface area (Å²) in [6.45, 7) is 4.22. The van der Waals surface area contributed by atoms with Crippen LogP contribution >= 0.6 is 23.4 Å². The second-order valence-corrected chi connectivity index (χ2v) is 5.54. The zero-order valence-corrected chi connectivity index (χ0v) is 12.1. The van der Waals surface area contributed by atoms with Gasteiger partial charge in [0.2, 0.25) is 0 Å². The molecule has 2 nitrogen and oxygen atoms in total. The van der Waals surface area contributed by atoms with Gasteiger partial charge in [0.25, 0.3) is 0 Å². The fourth-order valence-electron chi connectivity index (χ4n) is 1.71. The highest BCUT2D eigenvalue weighted by molar-refractivity contribution is 7.99. The van der Waals surface area contributed by atoms with Crippen LogP contribution in [-0.4, -0.2) is 9.97 Å². The van der Waals surface area contributed by atoms with E-state index in [0.717, 1.165) is 23.4 Å². The Hall–Kier alpha value is -1.06. The largest absolute Gasteiger partial charge is 0.229 e. The molecule has 1 aromatic heterocycles. The second kappa shape index (κ2) is 6.21. The molecule has 1 heterocycles. The summed E-state index contributed by atoms with van der Waals surface area (Å²) >= 11 is 7.79. The minimum atomic E-state index is 0.571. The zero-order valence-electron chi connectivity index (χ0n) is 10.5. The molecular weight excluding hydrogens is 264 g/mol. The zero-order chi connectivity index (χ0) is 13.0. The Bertz CT molecular complexity index is 543. The van der Waals surface area contributed by atoms with Crippen LogP contribution in [0.1, 0.15) is 24.5 Å². The molecule has 0 unspecified atom stereocenters. The number of hydrogen-bond donors (Lipinski definition) is 0. The van der Waals surface area contributed by atoms with Gasteiger partial charge in [-0.3, -0.25) is 0 Å². The molecule has 0 aliphatic heterocycles. The molecule has 0 radical (unpaired) electrons. The molecule has 0 aliphatic rings. The van der Waals surface area contributed by atoms with Gasteiger partial charge < -0.3 is 0 Å².